The van der Waals surface area contributed by atoms with Crippen LogP contribution in [0.25, 0.3) is 0 Å². The van der Waals surface area contributed by atoms with Gasteiger partial charge in [0.2, 0.25) is 0 Å². The number of hydrogen-bond donors (Lipinski definition) is 1. The lowest BCUT2D eigenvalue weighted by Gasteiger charge is -2.32. The third kappa shape index (κ3) is 3.30. The number of benzene rings is 2. The smallest absolute Gasteiger partial charge is 0.331 e. The van der Waals surface area contributed by atoms with Gasteiger partial charge in [0.15, 0.2) is 5.72 Å². The van der Waals surface area contributed by atoms with E-state index in [-0.39, 0.29) is 12.6 Å². The van der Waals surface area contributed by atoms with Gasteiger partial charge in [-0.25, -0.2) is 4.79 Å². The van der Waals surface area contributed by atoms with Gasteiger partial charge in [-0.3, -0.25) is 9.80 Å². The summed E-state index contributed by atoms with van der Waals surface area (Å²) in [7, 11) is 0. The van der Waals surface area contributed by atoms with Crippen LogP contribution in [-0.4, -0.2) is 22.6 Å². The van der Waals surface area contributed by atoms with Crippen LogP contribution in [0, 0.1) is 0 Å². The quantitative estimate of drug-likeness (QED) is 0.667. The number of amides is 2. The summed E-state index contributed by atoms with van der Waals surface area (Å²) in [6, 6.07) is 13.9. The Morgan fingerprint density at radius 3 is 2.62 bits per heavy atom. The van der Waals surface area contributed by atoms with Gasteiger partial charge in [0.1, 0.15) is 0 Å². The lowest BCUT2D eigenvalue weighted by atomic mass is 10.0. The number of urea groups is 1. The van der Waals surface area contributed by atoms with Gasteiger partial charge in [0.25, 0.3) is 0 Å². The van der Waals surface area contributed by atoms with E-state index in [1.54, 1.807) is 36.4 Å². The Morgan fingerprint density at radius 1 is 1.31 bits per heavy atom. The summed E-state index contributed by atoms with van der Waals surface area (Å²) >= 11 is 9.50. The Labute approximate surface area is 166 Å². The number of β-amino-alcohol motifs (C(OH)–C–C–N with tert-alkyl or cyclic N) is 1. The molecule has 0 spiro atoms. The van der Waals surface area contributed by atoms with Gasteiger partial charge in [-0.05, 0) is 49.4 Å². The molecule has 1 atom stereocenters. The zero-order chi connectivity index (χ0) is 18.9. The SMILES string of the molecule is C=C(/C=C\C)N1C(=O)N(c2ccc(Br)cc2)CC1(O)c1cccc(Cl)c1. The molecular weight excluding hydrogens is 416 g/mol. The molecule has 1 N–H and O–H groups in total. The Morgan fingerprint density at radius 2 is 2.00 bits per heavy atom. The summed E-state index contributed by atoms with van der Waals surface area (Å²) in [4.78, 5) is 16.0. The summed E-state index contributed by atoms with van der Waals surface area (Å²) in [6.45, 7) is 5.84. The lowest BCUT2D eigenvalue weighted by molar-refractivity contribution is -0.0391. The highest BCUT2D eigenvalue weighted by Crippen LogP contribution is 2.39. The van der Waals surface area contributed by atoms with E-state index in [4.69, 9.17) is 11.6 Å². The summed E-state index contributed by atoms with van der Waals surface area (Å²) in [5, 5.41) is 12.0. The molecule has 0 aromatic heterocycles. The molecule has 6 heteroatoms. The molecule has 0 radical (unpaired) electrons. The molecule has 3 rings (SSSR count). The summed E-state index contributed by atoms with van der Waals surface area (Å²) in [6.07, 6.45) is 3.47. The van der Waals surface area contributed by atoms with Crippen LogP contribution in [0.5, 0.6) is 0 Å². The van der Waals surface area contributed by atoms with Crippen LogP contribution in [-0.2, 0) is 5.72 Å². The molecule has 2 amide bonds. The number of aliphatic hydroxyl groups is 1. The second-order valence-corrected chi connectivity index (χ2v) is 7.35. The number of anilines is 1. The number of rotatable bonds is 4. The van der Waals surface area contributed by atoms with Crippen LogP contribution < -0.4 is 4.90 Å². The maximum atomic E-state index is 13.1. The minimum atomic E-state index is -1.58. The van der Waals surface area contributed by atoms with Gasteiger partial charge in [-0.1, -0.05) is 52.3 Å². The molecule has 2 aromatic rings. The van der Waals surface area contributed by atoms with Gasteiger partial charge in [-0.15, -0.1) is 0 Å². The van der Waals surface area contributed by atoms with E-state index in [2.05, 4.69) is 22.5 Å². The number of carbonyl (C=O) groups excluding carboxylic acids is 1. The molecule has 4 nitrogen and oxygen atoms in total. The third-order valence-corrected chi connectivity index (χ3v) is 5.01. The molecule has 0 bridgehead atoms. The van der Waals surface area contributed by atoms with Gasteiger partial charge in [-0.2, -0.15) is 0 Å². The predicted octanol–water partition coefficient (Wildman–Crippen LogP) is 5.28. The van der Waals surface area contributed by atoms with Crippen LogP contribution in [0.3, 0.4) is 0 Å². The molecule has 0 saturated carbocycles. The number of nitrogens with zero attached hydrogens (tertiary/aromatic N) is 2. The minimum Gasteiger partial charge on any atom is -0.365 e. The summed E-state index contributed by atoms with van der Waals surface area (Å²) in [5.74, 6) is 0. The van der Waals surface area contributed by atoms with E-state index in [0.717, 1.165) is 4.47 Å². The maximum Gasteiger partial charge on any atom is 0.331 e. The van der Waals surface area contributed by atoms with Gasteiger partial charge in [0, 0.05) is 26.4 Å². The van der Waals surface area contributed by atoms with Crippen molar-refractivity contribution in [2.45, 2.75) is 12.6 Å². The zero-order valence-electron chi connectivity index (χ0n) is 14.2. The van der Waals surface area contributed by atoms with E-state index >= 15 is 0 Å². The Kier molecular flexibility index (Phi) is 5.23. The van der Waals surface area contributed by atoms with Crippen molar-refractivity contribution in [1.29, 1.82) is 0 Å². The molecule has 1 unspecified atom stereocenters. The van der Waals surface area contributed by atoms with E-state index < -0.39 is 5.72 Å². The summed E-state index contributed by atoms with van der Waals surface area (Å²) < 4.78 is 0.910. The van der Waals surface area contributed by atoms with Crippen LogP contribution in [0.15, 0.2) is 77.4 Å². The molecule has 2 aromatic carbocycles. The van der Waals surface area contributed by atoms with Gasteiger partial charge < -0.3 is 5.11 Å². The fourth-order valence-corrected chi connectivity index (χ4v) is 3.50. The van der Waals surface area contributed by atoms with E-state index in [1.807, 2.05) is 31.2 Å². The van der Waals surface area contributed by atoms with Crippen molar-refractivity contribution in [3.05, 3.63) is 88.0 Å². The molecule has 26 heavy (non-hydrogen) atoms. The standard InChI is InChI=1S/C20H18BrClN2O2/c1-3-5-14(2)24-19(25)23(18-10-8-16(21)9-11-18)13-20(24,26)15-6-4-7-17(22)12-15/h3-12,26H,2,13H2,1H3/b5-3-. The average Bonchev–Trinajstić information content (AvgIpc) is 2.88. The minimum absolute atomic E-state index is 0.0599. The van der Waals surface area contributed by atoms with Gasteiger partial charge >= 0.3 is 6.03 Å². The average molecular weight is 434 g/mol. The van der Waals surface area contributed by atoms with Crippen molar-refractivity contribution < 1.29 is 9.90 Å². The van der Waals surface area contributed by atoms with Crippen molar-refractivity contribution in [3.8, 4) is 0 Å². The molecule has 0 aliphatic carbocycles. The molecule has 1 aliphatic rings. The van der Waals surface area contributed by atoms with E-state index in [9.17, 15) is 9.90 Å². The fraction of sp³-hybridized carbons (Fsp3) is 0.150. The Hall–Kier alpha value is -2.08. The second-order valence-electron chi connectivity index (χ2n) is 6.00. The maximum absolute atomic E-state index is 13.1. The highest BCUT2D eigenvalue weighted by molar-refractivity contribution is 9.10. The molecular formula is C20H18BrClN2O2. The summed E-state index contributed by atoms with van der Waals surface area (Å²) in [5.41, 5.74) is 0.0451. The van der Waals surface area contributed by atoms with Crippen molar-refractivity contribution in [2.24, 2.45) is 0 Å². The molecule has 1 aliphatic heterocycles. The van der Waals surface area contributed by atoms with Crippen LogP contribution >= 0.6 is 27.5 Å². The van der Waals surface area contributed by atoms with Gasteiger partial charge in [0.05, 0.1) is 6.54 Å². The third-order valence-electron chi connectivity index (χ3n) is 4.24. The fourth-order valence-electron chi connectivity index (χ4n) is 3.05. The first-order valence-electron chi connectivity index (χ1n) is 8.04. The van der Waals surface area contributed by atoms with Crippen LogP contribution in [0.2, 0.25) is 5.02 Å². The number of carbonyl (C=O) groups is 1. The largest absolute Gasteiger partial charge is 0.365 e. The number of allylic oxidation sites excluding steroid dienone is 2. The number of hydrogen-bond acceptors (Lipinski definition) is 2. The van der Waals surface area contributed by atoms with Crippen LogP contribution in [0.1, 0.15) is 12.5 Å². The van der Waals surface area contributed by atoms with Crippen molar-refractivity contribution in [2.75, 3.05) is 11.4 Å². The lowest BCUT2D eigenvalue weighted by Crippen LogP contribution is -2.43. The molecule has 1 fully saturated rings. The zero-order valence-corrected chi connectivity index (χ0v) is 16.5. The van der Waals surface area contributed by atoms with Crippen LogP contribution in [0.4, 0.5) is 10.5 Å². The highest BCUT2D eigenvalue weighted by Gasteiger charge is 2.51. The Balaban J connectivity index is 2.10. The van der Waals surface area contributed by atoms with Crippen molar-refractivity contribution >= 4 is 39.2 Å². The normalized spacial score (nSPS) is 20.2. The van der Waals surface area contributed by atoms with E-state index in [1.165, 1.54) is 9.80 Å². The van der Waals surface area contributed by atoms with E-state index in [0.29, 0.717) is 22.0 Å². The number of halogens is 2. The first-order chi connectivity index (χ1) is 12.4. The van der Waals surface area contributed by atoms with Crippen molar-refractivity contribution in [3.63, 3.8) is 0 Å². The second kappa shape index (κ2) is 7.27. The first-order valence-corrected chi connectivity index (χ1v) is 9.21. The van der Waals surface area contributed by atoms with Crippen molar-refractivity contribution in [1.82, 2.24) is 4.90 Å². The molecule has 134 valence electrons. The first kappa shape index (κ1) is 18.7. The topological polar surface area (TPSA) is 43.8 Å². The highest BCUT2D eigenvalue weighted by atomic mass is 79.9. The predicted molar refractivity (Wildman–Crippen MR) is 108 cm³/mol. The monoisotopic (exact) mass is 432 g/mol. The molecule has 1 saturated heterocycles. The Bertz CT molecular complexity index is 882. The molecule has 1 heterocycles.